The van der Waals surface area contributed by atoms with Gasteiger partial charge in [0.2, 0.25) is 21.8 Å². The number of rotatable bonds is 10. The van der Waals surface area contributed by atoms with Gasteiger partial charge in [-0.2, -0.15) is 0 Å². The Kier molecular flexibility index (Phi) is 8.84. The predicted molar refractivity (Wildman–Crippen MR) is 170 cm³/mol. The first-order chi connectivity index (χ1) is 21.8. The van der Waals surface area contributed by atoms with E-state index in [1.165, 1.54) is 11.0 Å². The van der Waals surface area contributed by atoms with Crippen molar-refractivity contribution in [2.45, 2.75) is 102 Å². The van der Waals surface area contributed by atoms with Crippen LogP contribution in [-0.2, 0) is 29.1 Å². The van der Waals surface area contributed by atoms with Crippen LogP contribution in [-0.4, -0.2) is 83.4 Å². The molecule has 4 amide bonds. The van der Waals surface area contributed by atoms with Crippen LogP contribution in [0.25, 0.3) is 11.0 Å². The van der Waals surface area contributed by atoms with E-state index in [4.69, 9.17) is 14.0 Å². The van der Waals surface area contributed by atoms with E-state index >= 15 is 0 Å². The van der Waals surface area contributed by atoms with Crippen LogP contribution in [0.1, 0.15) is 67.2 Å². The summed E-state index contributed by atoms with van der Waals surface area (Å²) >= 11 is 0. The maximum Gasteiger partial charge on any atom is 0.408 e. The van der Waals surface area contributed by atoms with Gasteiger partial charge < -0.3 is 29.5 Å². The Labute approximate surface area is 274 Å². The molecule has 1 aromatic carbocycles. The minimum atomic E-state index is -3.89. The molecular formula is C32H43N5O9S. The van der Waals surface area contributed by atoms with Crippen molar-refractivity contribution in [1.29, 1.82) is 0 Å². The standard InChI is InChI=1S/C32H43N5O9S/c1-8-18-16-32(18,28(40)36-47(42,43)20-13-14-20)34-25(38)22-15-19(44-26-21-11-9-10-12-23(21)46-35-26)17-37(22)27(39)24(30(2,3)4)33-29(41)45-31(5,6)7/h8-12,18-20,22,24H,1,13-17H2,2-7H3,(H,33,41)(H,34,38)(H,36,40)/t18-,19+,22-,24+,32+/m0/s1. The number of ether oxygens (including phenoxy) is 2. The fraction of sp³-hybridized carbons (Fsp3) is 0.594. The van der Waals surface area contributed by atoms with Gasteiger partial charge >= 0.3 is 6.09 Å². The van der Waals surface area contributed by atoms with Crippen molar-refractivity contribution in [3.63, 3.8) is 0 Å². The molecule has 1 aromatic heterocycles. The zero-order chi connectivity index (χ0) is 34.5. The second-order valence-electron chi connectivity index (χ2n) is 14.6. The molecule has 5 rings (SSSR count). The van der Waals surface area contributed by atoms with E-state index < -0.39 is 79.7 Å². The lowest BCUT2D eigenvalue weighted by Gasteiger charge is -2.36. The third-order valence-electron chi connectivity index (χ3n) is 8.49. The SMILES string of the molecule is C=C[C@H]1C[C@]1(NC(=O)[C@@H]1C[C@@H](Oc2noc3ccccc23)CN1C(=O)[C@@H](NC(=O)OC(C)(C)C)C(C)(C)C)C(=O)NS(=O)(=O)C1CC1. The number of hydrogen-bond donors (Lipinski definition) is 3. The molecule has 0 spiro atoms. The molecule has 0 radical (unpaired) electrons. The number of sulfonamides is 1. The summed E-state index contributed by atoms with van der Waals surface area (Å²) in [6, 6.07) is 4.82. The van der Waals surface area contributed by atoms with Crippen LogP contribution in [0.3, 0.4) is 0 Å². The van der Waals surface area contributed by atoms with E-state index in [0.29, 0.717) is 23.8 Å². The molecule has 3 N–H and O–H groups in total. The third kappa shape index (κ3) is 7.39. The van der Waals surface area contributed by atoms with Crippen molar-refractivity contribution in [3.8, 4) is 5.88 Å². The third-order valence-corrected chi connectivity index (χ3v) is 10.3. The van der Waals surface area contributed by atoms with Gasteiger partial charge in [0.15, 0.2) is 5.58 Å². The smallest absolute Gasteiger partial charge is 0.408 e. The molecule has 256 valence electrons. The van der Waals surface area contributed by atoms with Crippen molar-refractivity contribution in [2.24, 2.45) is 11.3 Å². The quantitative estimate of drug-likeness (QED) is 0.317. The monoisotopic (exact) mass is 673 g/mol. The summed E-state index contributed by atoms with van der Waals surface area (Å²) in [6.07, 6.45) is 1.04. The average Bonchev–Trinajstić information content (AvgIpc) is 3.86. The molecule has 0 bridgehead atoms. The highest BCUT2D eigenvalue weighted by atomic mass is 32.2. The van der Waals surface area contributed by atoms with Gasteiger partial charge in [-0.15, -0.1) is 6.58 Å². The number of nitrogens with zero attached hydrogens (tertiary/aromatic N) is 2. The number of carbonyl (C=O) groups excluding carboxylic acids is 4. The largest absolute Gasteiger partial charge is 0.470 e. The first kappa shape index (κ1) is 34.2. The highest BCUT2D eigenvalue weighted by Crippen LogP contribution is 2.45. The highest BCUT2D eigenvalue weighted by molar-refractivity contribution is 7.91. The number of likely N-dealkylation sites (tertiary alicyclic amines) is 1. The number of benzene rings is 1. The van der Waals surface area contributed by atoms with Crippen molar-refractivity contribution >= 4 is 44.8 Å². The predicted octanol–water partition coefficient (Wildman–Crippen LogP) is 2.78. The minimum absolute atomic E-state index is 0.0128. The summed E-state index contributed by atoms with van der Waals surface area (Å²) in [5, 5.41) is 9.42. The van der Waals surface area contributed by atoms with Crippen molar-refractivity contribution < 1.29 is 41.6 Å². The second kappa shape index (κ2) is 12.1. The van der Waals surface area contributed by atoms with E-state index in [2.05, 4.69) is 27.1 Å². The van der Waals surface area contributed by atoms with E-state index in [9.17, 15) is 27.6 Å². The van der Waals surface area contributed by atoms with E-state index in [1.807, 2.05) is 0 Å². The first-order valence-corrected chi connectivity index (χ1v) is 17.2. The van der Waals surface area contributed by atoms with Crippen LogP contribution >= 0.6 is 0 Å². The Morgan fingerprint density at radius 1 is 1.13 bits per heavy atom. The van der Waals surface area contributed by atoms with E-state index in [0.717, 1.165) is 0 Å². The molecule has 5 atom stereocenters. The van der Waals surface area contributed by atoms with E-state index in [-0.39, 0.29) is 25.3 Å². The summed E-state index contributed by atoms with van der Waals surface area (Å²) in [5.74, 6) is -2.42. The zero-order valence-electron chi connectivity index (χ0n) is 27.5. The molecule has 47 heavy (non-hydrogen) atoms. The number of alkyl carbamates (subject to hydrolysis) is 1. The van der Waals surface area contributed by atoms with Crippen molar-refractivity contribution in [2.75, 3.05) is 6.54 Å². The van der Waals surface area contributed by atoms with Gasteiger partial charge in [-0.05, 0) is 62.7 Å². The second-order valence-corrected chi connectivity index (χ2v) is 16.6. The molecule has 0 unspecified atom stereocenters. The minimum Gasteiger partial charge on any atom is -0.470 e. The summed E-state index contributed by atoms with van der Waals surface area (Å²) < 4.78 is 44.3. The molecule has 3 aliphatic rings. The molecule has 2 aliphatic carbocycles. The zero-order valence-corrected chi connectivity index (χ0v) is 28.3. The lowest BCUT2D eigenvalue weighted by Crippen LogP contribution is -2.60. The van der Waals surface area contributed by atoms with Crippen LogP contribution in [0.4, 0.5) is 4.79 Å². The van der Waals surface area contributed by atoms with Gasteiger partial charge in [-0.1, -0.05) is 39.0 Å². The van der Waals surface area contributed by atoms with Crippen LogP contribution in [0.5, 0.6) is 5.88 Å². The van der Waals surface area contributed by atoms with Gasteiger partial charge in [-0.3, -0.25) is 19.1 Å². The molecule has 2 heterocycles. The maximum absolute atomic E-state index is 14.3. The van der Waals surface area contributed by atoms with Gasteiger partial charge in [0.05, 0.1) is 17.2 Å². The van der Waals surface area contributed by atoms with Crippen LogP contribution in [0.15, 0.2) is 41.4 Å². The Hall–Kier alpha value is -4.14. The molecule has 2 aromatic rings. The summed E-state index contributed by atoms with van der Waals surface area (Å²) in [6.45, 7) is 14.1. The fourth-order valence-electron chi connectivity index (χ4n) is 5.74. The fourth-order valence-corrected chi connectivity index (χ4v) is 7.10. The number of hydrogen-bond acceptors (Lipinski definition) is 10. The number of amides is 4. The Balaban J connectivity index is 1.42. The maximum atomic E-state index is 14.3. The highest BCUT2D eigenvalue weighted by Gasteiger charge is 2.62. The van der Waals surface area contributed by atoms with Crippen LogP contribution < -0.4 is 20.1 Å². The molecule has 15 heteroatoms. The van der Waals surface area contributed by atoms with Gasteiger partial charge in [0, 0.05) is 12.3 Å². The van der Waals surface area contributed by atoms with Crippen LogP contribution in [0.2, 0.25) is 0 Å². The first-order valence-electron chi connectivity index (χ1n) is 15.7. The number of para-hydroxylation sites is 1. The van der Waals surface area contributed by atoms with E-state index in [1.54, 1.807) is 65.8 Å². The molecular weight excluding hydrogens is 630 g/mol. The normalized spacial score (nSPS) is 25.1. The van der Waals surface area contributed by atoms with Crippen molar-refractivity contribution in [1.82, 2.24) is 25.4 Å². The van der Waals surface area contributed by atoms with Gasteiger partial charge in [0.1, 0.15) is 29.3 Å². The number of carbonyl (C=O) groups is 4. The summed E-state index contributed by atoms with van der Waals surface area (Å²) in [7, 11) is -3.89. The Bertz CT molecular complexity index is 1690. The molecule has 3 fully saturated rings. The average molecular weight is 674 g/mol. The lowest BCUT2D eigenvalue weighted by molar-refractivity contribution is -0.143. The topological polar surface area (TPSA) is 186 Å². The summed E-state index contributed by atoms with van der Waals surface area (Å²) in [4.78, 5) is 55.8. The molecule has 1 aliphatic heterocycles. The summed E-state index contributed by atoms with van der Waals surface area (Å²) in [5.41, 5.74) is -2.68. The lowest BCUT2D eigenvalue weighted by atomic mass is 9.85. The van der Waals surface area contributed by atoms with Gasteiger partial charge in [0.25, 0.3) is 11.8 Å². The number of nitrogens with one attached hydrogen (secondary N) is 3. The van der Waals surface area contributed by atoms with Crippen LogP contribution in [0, 0.1) is 11.3 Å². The molecule has 1 saturated heterocycles. The Morgan fingerprint density at radius 3 is 2.40 bits per heavy atom. The van der Waals surface area contributed by atoms with Crippen molar-refractivity contribution in [3.05, 3.63) is 36.9 Å². The number of aromatic nitrogens is 1. The number of fused-ring (bicyclic) bond motifs is 1. The van der Waals surface area contributed by atoms with Gasteiger partial charge in [-0.25, -0.2) is 13.2 Å². The molecule has 2 saturated carbocycles. The Morgan fingerprint density at radius 2 is 1.81 bits per heavy atom. The molecule has 14 nitrogen and oxygen atoms in total.